The van der Waals surface area contributed by atoms with Crippen molar-refractivity contribution in [3.63, 3.8) is 0 Å². The Morgan fingerprint density at radius 2 is 1.40 bits per heavy atom. The Bertz CT molecular complexity index is 337. The van der Waals surface area contributed by atoms with Crippen LogP contribution in [0.4, 0.5) is 0 Å². The molecule has 11 nitrogen and oxygen atoms in total. The van der Waals surface area contributed by atoms with Crippen molar-refractivity contribution in [2.45, 2.75) is 24.9 Å². The zero-order chi connectivity index (χ0) is 13.6. The quantitative estimate of drug-likeness (QED) is 0.217. The van der Waals surface area contributed by atoms with Crippen molar-refractivity contribution < 1.29 is 56.7 Å². The Hall–Kier alpha value is -1.72. The van der Waals surface area contributed by atoms with Gasteiger partial charge in [0, 0.05) is 29.1 Å². The Kier molecular flexibility index (Phi) is 16.5. The van der Waals surface area contributed by atoms with Crippen molar-refractivity contribution in [3.05, 3.63) is 0 Å². The molecule has 0 aromatic carbocycles. The fourth-order valence-electron chi connectivity index (χ4n) is 0.981. The minimum absolute atomic E-state index is 0. The number of quaternary nitrogens is 2. The molecule has 0 rings (SSSR count). The van der Waals surface area contributed by atoms with Crippen LogP contribution in [0.3, 0.4) is 0 Å². The van der Waals surface area contributed by atoms with E-state index in [2.05, 4.69) is 0 Å². The minimum Gasteiger partial charge on any atom is -0.550 e. The van der Waals surface area contributed by atoms with Gasteiger partial charge < -0.3 is 42.3 Å². The smallest absolute Gasteiger partial charge is 0.332 e. The van der Waals surface area contributed by atoms with Crippen LogP contribution in [0.25, 0.3) is 0 Å². The largest absolute Gasteiger partial charge is 0.550 e. The molecule has 0 aliphatic rings. The molecule has 0 aromatic heterocycles. The first kappa shape index (κ1) is 26.8. The van der Waals surface area contributed by atoms with Gasteiger partial charge in [0.1, 0.15) is 0 Å². The molecule has 1 atom stereocenters. The van der Waals surface area contributed by atoms with Crippen LogP contribution in [0.15, 0.2) is 0 Å². The number of nitrogens with one attached hydrogen (secondary N) is 1. The Balaban J connectivity index is -0.000000427. The molecule has 0 radical (unpaired) electrons. The molecule has 0 spiro atoms. The van der Waals surface area contributed by atoms with Crippen LogP contribution in [0.1, 0.15) is 12.8 Å². The maximum absolute atomic E-state index is 10.5. The van der Waals surface area contributed by atoms with E-state index in [1.807, 2.05) is 0 Å². The van der Waals surface area contributed by atoms with Gasteiger partial charge in [-0.15, -0.1) is 0 Å². The Labute approximate surface area is 124 Å². The van der Waals surface area contributed by atoms with E-state index >= 15 is 0 Å². The second-order valence-corrected chi connectivity index (χ2v) is 3.06. The third-order valence-corrected chi connectivity index (χ3v) is 1.78. The van der Waals surface area contributed by atoms with Gasteiger partial charge in [-0.2, -0.15) is 0 Å². The van der Waals surface area contributed by atoms with Gasteiger partial charge >= 0.3 is 11.9 Å². The van der Waals surface area contributed by atoms with Crippen LogP contribution in [0, 0.1) is 0 Å². The van der Waals surface area contributed by atoms with Gasteiger partial charge in [-0.05, 0) is 12.8 Å². The number of carbonyl (C=O) groups excluding carboxylic acids is 2. The van der Waals surface area contributed by atoms with Crippen molar-refractivity contribution in [3.8, 4) is 0 Å². The number of rotatable bonds is 8. The summed E-state index contributed by atoms with van der Waals surface area (Å²) in [6, 6.07) is -3.86. The summed E-state index contributed by atoms with van der Waals surface area (Å²) in [4.78, 5) is 41.5. The van der Waals surface area contributed by atoms with Crippen molar-refractivity contribution >= 4 is 23.9 Å². The summed E-state index contributed by atoms with van der Waals surface area (Å²) >= 11 is 0. The molecule has 0 fully saturated rings. The van der Waals surface area contributed by atoms with E-state index in [4.69, 9.17) is 10.2 Å². The summed E-state index contributed by atoms with van der Waals surface area (Å²) < 4.78 is 0. The molecule has 0 saturated heterocycles. The molecule has 0 saturated carbocycles. The first-order valence-corrected chi connectivity index (χ1v) is 4.38. The van der Waals surface area contributed by atoms with Gasteiger partial charge in [-0.1, -0.05) is 0 Å². The molecule has 1 unspecified atom stereocenters. The predicted octanol–water partition coefficient (Wildman–Crippen LogP) is -3.49. The molecule has 0 amide bonds. The number of carbonyl (C=O) groups is 4. The second kappa shape index (κ2) is 12.3. The summed E-state index contributed by atoms with van der Waals surface area (Å²) in [5, 5.41) is 39.3. The fraction of sp³-hybridized carbons (Fsp3) is 0.500. The summed E-state index contributed by atoms with van der Waals surface area (Å²) in [5.41, 5.74) is 0. The van der Waals surface area contributed by atoms with E-state index in [9.17, 15) is 29.4 Å². The van der Waals surface area contributed by atoms with E-state index in [0.717, 1.165) is 0 Å². The zero-order valence-electron chi connectivity index (χ0n) is 10.8. The van der Waals surface area contributed by atoms with Crippen molar-refractivity contribution in [2.75, 3.05) is 0 Å². The van der Waals surface area contributed by atoms with Gasteiger partial charge in [0.2, 0.25) is 6.04 Å². The van der Waals surface area contributed by atoms with Crippen LogP contribution in [-0.4, -0.2) is 46.2 Å². The van der Waals surface area contributed by atoms with Crippen LogP contribution in [0.5, 0.6) is 0 Å². The topological polar surface area (TPSA) is 240 Å². The normalized spacial score (nSPS) is 10.2. The molecule has 0 bridgehead atoms. The SMILES string of the molecule is O=C([O-])CCC(NC(C(=O)O)C(=O)O)C(=O)[O-].[Fe].[NH4+].[NH4+]. The van der Waals surface area contributed by atoms with Crippen LogP contribution >= 0.6 is 0 Å². The molecular weight excluding hydrogens is 322 g/mol. The number of aliphatic carboxylic acids is 4. The molecule has 0 aliphatic carbocycles. The molecule has 20 heavy (non-hydrogen) atoms. The van der Waals surface area contributed by atoms with E-state index < -0.39 is 48.8 Å². The van der Waals surface area contributed by atoms with E-state index in [1.54, 1.807) is 5.32 Å². The average Bonchev–Trinajstić information content (AvgIpc) is 2.15. The van der Waals surface area contributed by atoms with Crippen molar-refractivity contribution in [1.82, 2.24) is 17.6 Å². The summed E-state index contributed by atoms with van der Waals surface area (Å²) in [7, 11) is 0. The zero-order valence-corrected chi connectivity index (χ0v) is 11.9. The van der Waals surface area contributed by atoms with Gasteiger partial charge in [0.05, 0.1) is 5.97 Å². The monoisotopic (exact) mass is 339 g/mol. The molecule has 0 aliphatic heterocycles. The number of carboxylic acids is 4. The van der Waals surface area contributed by atoms with Crippen LogP contribution in [-0.2, 0) is 36.2 Å². The first-order chi connectivity index (χ1) is 7.75. The number of hydrogen-bond acceptors (Lipinski definition) is 7. The van der Waals surface area contributed by atoms with Crippen molar-refractivity contribution in [1.29, 1.82) is 0 Å². The van der Waals surface area contributed by atoms with Gasteiger partial charge in [0.15, 0.2) is 0 Å². The third kappa shape index (κ3) is 10.2. The standard InChI is InChI=1S/C8H11NO8.Fe.2H3N/c10-4(11)2-1-3(6(12)13)9-5(7(14)15)8(16)17;;;/h3,5,9H,1-2H2,(H,10,11)(H,12,13)(H,14,15)(H,16,17);;2*1H3. The van der Waals surface area contributed by atoms with E-state index in [0.29, 0.717) is 0 Å². The predicted molar refractivity (Wildman–Crippen MR) is 57.2 cm³/mol. The maximum atomic E-state index is 10.5. The Morgan fingerprint density at radius 1 is 1.00 bits per heavy atom. The average molecular weight is 339 g/mol. The molecule has 0 heterocycles. The second-order valence-electron chi connectivity index (χ2n) is 3.06. The number of hydrogen-bond donors (Lipinski definition) is 5. The van der Waals surface area contributed by atoms with E-state index in [-0.39, 0.29) is 29.4 Å². The van der Waals surface area contributed by atoms with Crippen LogP contribution in [0.2, 0.25) is 0 Å². The van der Waals surface area contributed by atoms with Gasteiger partial charge in [0.25, 0.3) is 0 Å². The first-order valence-electron chi connectivity index (χ1n) is 4.38. The van der Waals surface area contributed by atoms with E-state index in [1.165, 1.54) is 0 Å². The van der Waals surface area contributed by atoms with Gasteiger partial charge in [-0.25, -0.2) is 9.59 Å². The molecule has 11 N–H and O–H groups in total. The maximum Gasteiger partial charge on any atom is 0.332 e. The third-order valence-electron chi connectivity index (χ3n) is 1.78. The molecule has 0 aromatic rings. The molecule has 120 valence electrons. The Morgan fingerprint density at radius 3 is 1.65 bits per heavy atom. The van der Waals surface area contributed by atoms with Crippen LogP contribution < -0.4 is 27.8 Å². The van der Waals surface area contributed by atoms with Crippen molar-refractivity contribution in [2.24, 2.45) is 0 Å². The van der Waals surface area contributed by atoms with Gasteiger partial charge in [-0.3, -0.25) is 5.32 Å². The minimum atomic E-state index is -2.15. The molecular formula is C8H17FeN3O8. The summed E-state index contributed by atoms with van der Waals surface area (Å²) in [5.74, 6) is -6.92. The fourth-order valence-corrected chi connectivity index (χ4v) is 0.981. The summed E-state index contributed by atoms with van der Waals surface area (Å²) in [6.45, 7) is 0. The number of carboxylic acid groups (broad SMARTS) is 4. The molecule has 12 heteroatoms. The summed E-state index contributed by atoms with van der Waals surface area (Å²) in [6.07, 6.45) is -1.21.